The Labute approximate surface area is 310 Å². The van der Waals surface area contributed by atoms with Gasteiger partial charge in [-0.2, -0.15) is 0 Å². The summed E-state index contributed by atoms with van der Waals surface area (Å²) in [6.07, 6.45) is 1.01. The second kappa shape index (κ2) is 17.7. The largest absolute Gasteiger partial charge is 0.370 e. The third-order valence-corrected chi connectivity index (χ3v) is 10.1. The SMILES string of the molecule is CC(C)C1NC(=O)C(c2ccccc2)NC(=O)C2CCCN2C(=O)C2CCCN2C(=O)C(CC(N)=O)NC(=O)C(C(C)C)NC(=O)C(C(C)C)NC1=O. The van der Waals surface area contributed by atoms with Gasteiger partial charge in [0, 0.05) is 13.1 Å². The van der Waals surface area contributed by atoms with Crippen LogP contribution in [0.4, 0.5) is 0 Å². The van der Waals surface area contributed by atoms with E-state index in [2.05, 4.69) is 26.6 Å². The molecule has 0 aliphatic carbocycles. The molecule has 0 spiro atoms. The van der Waals surface area contributed by atoms with Crippen molar-refractivity contribution in [2.24, 2.45) is 23.5 Å². The summed E-state index contributed by atoms with van der Waals surface area (Å²) in [6, 6.07) is 0.448. The predicted molar refractivity (Wildman–Crippen MR) is 193 cm³/mol. The first-order chi connectivity index (χ1) is 25.0. The molecule has 16 heteroatoms. The van der Waals surface area contributed by atoms with Gasteiger partial charge in [-0.1, -0.05) is 71.9 Å². The van der Waals surface area contributed by atoms with Crippen molar-refractivity contribution in [1.29, 1.82) is 0 Å². The third-order valence-electron chi connectivity index (χ3n) is 10.1. The summed E-state index contributed by atoms with van der Waals surface area (Å²) < 4.78 is 0. The number of nitrogens with zero attached hydrogens (tertiary/aromatic N) is 2. The highest BCUT2D eigenvalue weighted by Gasteiger charge is 2.45. The summed E-state index contributed by atoms with van der Waals surface area (Å²) in [5.74, 6) is -6.77. The fourth-order valence-electron chi connectivity index (χ4n) is 7.16. The molecule has 53 heavy (non-hydrogen) atoms. The van der Waals surface area contributed by atoms with Crippen molar-refractivity contribution < 1.29 is 38.4 Å². The lowest BCUT2D eigenvalue weighted by Crippen LogP contribution is -2.61. The number of rotatable bonds is 6. The number of carbonyl (C=O) groups is 8. The molecule has 7 atom stereocenters. The van der Waals surface area contributed by atoms with Crippen LogP contribution >= 0.6 is 0 Å². The molecule has 290 valence electrons. The monoisotopic (exact) mass is 738 g/mol. The highest BCUT2D eigenvalue weighted by atomic mass is 16.2. The van der Waals surface area contributed by atoms with Crippen molar-refractivity contribution in [1.82, 2.24) is 36.4 Å². The van der Waals surface area contributed by atoms with Gasteiger partial charge < -0.3 is 42.1 Å². The molecule has 3 aliphatic heterocycles. The Balaban J connectivity index is 1.79. The minimum absolute atomic E-state index is 0.165. The molecule has 4 rings (SSSR count). The molecule has 3 fully saturated rings. The summed E-state index contributed by atoms with van der Waals surface area (Å²) in [5.41, 5.74) is 5.95. The number of nitrogens with one attached hydrogen (secondary N) is 5. The molecular formula is C37H54N8O8. The number of fused-ring (bicyclic) bond motifs is 2. The van der Waals surface area contributed by atoms with Gasteiger partial charge in [-0.3, -0.25) is 38.4 Å². The van der Waals surface area contributed by atoms with Crippen molar-refractivity contribution in [3.8, 4) is 0 Å². The summed E-state index contributed by atoms with van der Waals surface area (Å²) in [7, 11) is 0. The van der Waals surface area contributed by atoms with E-state index in [1.165, 1.54) is 9.80 Å². The van der Waals surface area contributed by atoms with E-state index in [4.69, 9.17) is 5.73 Å². The van der Waals surface area contributed by atoms with Crippen LogP contribution in [-0.4, -0.2) is 106 Å². The number of hydrogen-bond acceptors (Lipinski definition) is 8. The van der Waals surface area contributed by atoms with Crippen molar-refractivity contribution in [3.63, 3.8) is 0 Å². The highest BCUT2D eigenvalue weighted by Crippen LogP contribution is 2.27. The summed E-state index contributed by atoms with van der Waals surface area (Å²) >= 11 is 0. The van der Waals surface area contributed by atoms with Crippen LogP contribution in [0.3, 0.4) is 0 Å². The summed E-state index contributed by atoms with van der Waals surface area (Å²) in [6.45, 7) is 10.6. The molecule has 3 heterocycles. The molecule has 7 N–H and O–H groups in total. The van der Waals surface area contributed by atoms with Gasteiger partial charge in [-0.15, -0.1) is 0 Å². The van der Waals surface area contributed by atoms with Crippen molar-refractivity contribution >= 4 is 47.3 Å². The average molecular weight is 739 g/mol. The van der Waals surface area contributed by atoms with E-state index in [0.29, 0.717) is 31.2 Å². The Morgan fingerprint density at radius 1 is 0.623 bits per heavy atom. The van der Waals surface area contributed by atoms with Crippen molar-refractivity contribution in [2.75, 3.05) is 13.1 Å². The van der Waals surface area contributed by atoms with Gasteiger partial charge in [0.05, 0.1) is 6.42 Å². The van der Waals surface area contributed by atoms with Gasteiger partial charge >= 0.3 is 0 Å². The van der Waals surface area contributed by atoms with Crippen LogP contribution in [0.15, 0.2) is 30.3 Å². The average Bonchev–Trinajstić information content (AvgIpc) is 3.80. The van der Waals surface area contributed by atoms with Crippen molar-refractivity contribution in [2.45, 2.75) is 116 Å². The molecule has 1 aromatic carbocycles. The Morgan fingerprint density at radius 3 is 1.57 bits per heavy atom. The van der Waals surface area contributed by atoms with Crippen LogP contribution in [0, 0.1) is 17.8 Å². The predicted octanol–water partition coefficient (Wildman–Crippen LogP) is -0.378. The van der Waals surface area contributed by atoms with E-state index in [1.807, 2.05) is 0 Å². The van der Waals surface area contributed by atoms with E-state index in [-0.39, 0.29) is 13.1 Å². The minimum Gasteiger partial charge on any atom is -0.370 e. The van der Waals surface area contributed by atoms with Crippen LogP contribution in [0.25, 0.3) is 0 Å². The van der Waals surface area contributed by atoms with Gasteiger partial charge in [0.1, 0.15) is 42.3 Å². The Bertz CT molecular complexity index is 1570. The Hall–Kier alpha value is -5.02. The second-order valence-electron chi connectivity index (χ2n) is 15.2. The fraction of sp³-hybridized carbons (Fsp3) is 0.622. The quantitative estimate of drug-likeness (QED) is 0.225. The number of amides is 8. The van der Waals surface area contributed by atoms with Gasteiger partial charge in [0.15, 0.2) is 0 Å². The van der Waals surface area contributed by atoms with Crippen molar-refractivity contribution in [3.05, 3.63) is 35.9 Å². The first-order valence-electron chi connectivity index (χ1n) is 18.5. The maximum atomic E-state index is 14.1. The first-order valence-corrected chi connectivity index (χ1v) is 18.5. The van der Waals surface area contributed by atoms with E-state index >= 15 is 0 Å². The van der Waals surface area contributed by atoms with E-state index in [0.717, 1.165) is 0 Å². The lowest BCUT2D eigenvalue weighted by molar-refractivity contribution is -0.148. The van der Waals surface area contributed by atoms with E-state index in [1.54, 1.807) is 71.9 Å². The number of hydrogen-bond donors (Lipinski definition) is 6. The molecule has 3 saturated heterocycles. The minimum atomic E-state index is -1.44. The zero-order valence-electron chi connectivity index (χ0n) is 31.3. The van der Waals surface area contributed by atoms with Crippen LogP contribution < -0.4 is 32.3 Å². The molecule has 7 unspecified atom stereocenters. The molecule has 3 aliphatic rings. The zero-order valence-corrected chi connectivity index (χ0v) is 31.3. The fourth-order valence-corrected chi connectivity index (χ4v) is 7.16. The van der Waals surface area contributed by atoms with Crippen LogP contribution in [-0.2, 0) is 38.4 Å². The number of carbonyl (C=O) groups excluding carboxylic acids is 8. The summed E-state index contributed by atoms with van der Waals surface area (Å²) in [5, 5.41) is 13.6. The zero-order chi connectivity index (χ0) is 39.1. The van der Waals surface area contributed by atoms with Crippen LogP contribution in [0.2, 0.25) is 0 Å². The van der Waals surface area contributed by atoms with Gasteiger partial charge in [-0.25, -0.2) is 0 Å². The van der Waals surface area contributed by atoms with E-state index in [9.17, 15) is 38.4 Å². The maximum absolute atomic E-state index is 14.1. The lowest BCUT2D eigenvalue weighted by Gasteiger charge is -2.33. The third kappa shape index (κ3) is 9.70. The van der Waals surface area contributed by atoms with Crippen LogP contribution in [0.1, 0.15) is 85.3 Å². The molecule has 0 radical (unpaired) electrons. The standard InChI is InChI=1S/C37H54N8O8/c1-19(2)27-32(48)39-23(18-26(38)46)36(52)45-17-11-15-25(45)37(53)44-16-10-14-24(44)31(47)43-30(22-12-8-7-9-13-22)35(51)42-29(21(5)6)34(50)41-28(20(3)4)33(49)40-27/h7-9,12-13,19-21,23-25,27-30H,10-11,14-18H2,1-6H3,(H2,38,46)(H,39,48)(H,40,49)(H,41,50)(H,42,51)(H,43,47). The van der Waals surface area contributed by atoms with E-state index < -0.39 is 114 Å². The Kier molecular flexibility index (Phi) is 13.6. The van der Waals surface area contributed by atoms with Crippen LogP contribution in [0.5, 0.6) is 0 Å². The number of primary amides is 1. The normalized spacial score (nSPS) is 28.5. The smallest absolute Gasteiger partial charge is 0.247 e. The molecule has 0 aromatic heterocycles. The van der Waals surface area contributed by atoms with Gasteiger partial charge in [0.25, 0.3) is 0 Å². The molecule has 0 saturated carbocycles. The molecular weight excluding hydrogens is 684 g/mol. The molecule has 16 nitrogen and oxygen atoms in total. The lowest BCUT2D eigenvalue weighted by atomic mass is 9.97. The topological polar surface area (TPSA) is 229 Å². The van der Waals surface area contributed by atoms with Gasteiger partial charge in [-0.05, 0) is 49.0 Å². The molecule has 8 amide bonds. The number of benzene rings is 1. The molecule has 0 bridgehead atoms. The first kappa shape index (κ1) is 40.7. The van der Waals surface area contributed by atoms with Gasteiger partial charge in [0.2, 0.25) is 47.3 Å². The molecule has 1 aromatic rings. The Morgan fingerprint density at radius 2 is 1.08 bits per heavy atom. The maximum Gasteiger partial charge on any atom is 0.247 e. The number of nitrogens with two attached hydrogens (primary N) is 1. The second-order valence-corrected chi connectivity index (χ2v) is 15.2. The highest BCUT2D eigenvalue weighted by molar-refractivity contribution is 6.00. The summed E-state index contributed by atoms with van der Waals surface area (Å²) in [4.78, 5) is 112.